The van der Waals surface area contributed by atoms with Crippen LogP contribution in [0, 0.1) is 12.7 Å². The molecule has 0 aromatic heterocycles. The minimum absolute atomic E-state index is 0.165. The van der Waals surface area contributed by atoms with E-state index in [2.05, 4.69) is 5.32 Å². The number of hydrogen-bond acceptors (Lipinski definition) is 3. The van der Waals surface area contributed by atoms with Gasteiger partial charge in [-0.3, -0.25) is 4.79 Å². The van der Waals surface area contributed by atoms with Crippen LogP contribution in [0.4, 0.5) is 10.1 Å². The van der Waals surface area contributed by atoms with Crippen LogP contribution in [-0.2, 0) is 9.53 Å². The smallest absolute Gasteiger partial charge is 0.243 e. The number of hydrogen-bond donors (Lipinski definition) is 2. The van der Waals surface area contributed by atoms with Crippen molar-refractivity contribution < 1.29 is 13.9 Å². The Morgan fingerprint density at radius 2 is 2.05 bits per heavy atom. The third-order valence-electron chi connectivity index (χ3n) is 4.02. The number of nitrogens with two attached hydrogens (primary N) is 1. The van der Waals surface area contributed by atoms with Gasteiger partial charge in [-0.15, -0.1) is 0 Å². The van der Waals surface area contributed by atoms with Crippen LogP contribution in [0.15, 0.2) is 18.2 Å². The highest BCUT2D eigenvalue weighted by Gasteiger charge is 2.40. The molecule has 0 bridgehead atoms. The molecule has 1 saturated carbocycles. The van der Waals surface area contributed by atoms with E-state index in [1.807, 2.05) is 13.0 Å². The first kappa shape index (κ1) is 14.8. The van der Waals surface area contributed by atoms with Crippen molar-refractivity contribution in [3.63, 3.8) is 0 Å². The number of benzene rings is 1. The molecule has 1 fully saturated rings. The summed E-state index contributed by atoms with van der Waals surface area (Å²) in [5, 5.41) is 3.15. The molecule has 1 aromatic rings. The molecule has 0 unspecified atom stereocenters. The van der Waals surface area contributed by atoms with Gasteiger partial charge in [0.2, 0.25) is 5.91 Å². The fraction of sp³-hybridized carbons (Fsp3) is 0.533. The van der Waals surface area contributed by atoms with Crippen molar-refractivity contribution in [2.45, 2.75) is 44.2 Å². The van der Waals surface area contributed by atoms with Crippen LogP contribution in [0.3, 0.4) is 0 Å². The zero-order valence-corrected chi connectivity index (χ0v) is 11.9. The molecule has 3 N–H and O–H groups in total. The quantitative estimate of drug-likeness (QED) is 0.890. The van der Waals surface area contributed by atoms with Gasteiger partial charge in [0.1, 0.15) is 11.4 Å². The summed E-state index contributed by atoms with van der Waals surface area (Å²) in [6.07, 6.45) is 2.88. The van der Waals surface area contributed by atoms with Gasteiger partial charge < -0.3 is 15.8 Å². The Bertz CT molecular complexity index is 476. The van der Waals surface area contributed by atoms with Crippen LogP contribution in [-0.4, -0.2) is 24.7 Å². The molecule has 1 amide bonds. The molecule has 110 valence electrons. The highest BCUT2D eigenvalue weighted by atomic mass is 19.1. The van der Waals surface area contributed by atoms with E-state index in [0.717, 1.165) is 18.4 Å². The van der Waals surface area contributed by atoms with Crippen molar-refractivity contribution in [3.8, 4) is 0 Å². The Labute approximate surface area is 118 Å². The first-order valence-corrected chi connectivity index (χ1v) is 6.83. The number of halogens is 1. The molecule has 20 heavy (non-hydrogen) atoms. The van der Waals surface area contributed by atoms with Crippen molar-refractivity contribution in [2.75, 3.05) is 12.4 Å². The Kier molecular flexibility index (Phi) is 4.28. The summed E-state index contributed by atoms with van der Waals surface area (Å²) < 4.78 is 18.8. The monoisotopic (exact) mass is 280 g/mol. The SMILES string of the molecule is COC1CCC(Nc2cc(C)cc(F)c2)(C(N)=O)CC1. The van der Waals surface area contributed by atoms with E-state index < -0.39 is 11.4 Å². The molecule has 1 aliphatic rings. The topological polar surface area (TPSA) is 64.3 Å². The zero-order chi connectivity index (χ0) is 14.8. The van der Waals surface area contributed by atoms with Crippen molar-refractivity contribution in [2.24, 2.45) is 5.73 Å². The number of nitrogens with one attached hydrogen (secondary N) is 1. The largest absolute Gasteiger partial charge is 0.381 e. The molecule has 2 rings (SSSR count). The first-order valence-electron chi connectivity index (χ1n) is 6.83. The van der Waals surface area contributed by atoms with E-state index in [0.29, 0.717) is 18.5 Å². The van der Waals surface area contributed by atoms with Crippen molar-refractivity contribution in [1.82, 2.24) is 0 Å². The zero-order valence-electron chi connectivity index (χ0n) is 11.9. The summed E-state index contributed by atoms with van der Waals surface area (Å²) in [6, 6.07) is 4.65. The third kappa shape index (κ3) is 3.10. The Morgan fingerprint density at radius 3 is 2.55 bits per heavy atom. The summed E-state index contributed by atoms with van der Waals surface area (Å²) >= 11 is 0. The summed E-state index contributed by atoms with van der Waals surface area (Å²) in [5.41, 5.74) is 6.16. The predicted molar refractivity (Wildman–Crippen MR) is 76.0 cm³/mol. The number of primary amides is 1. The van der Waals surface area contributed by atoms with Gasteiger partial charge in [-0.25, -0.2) is 4.39 Å². The molecular weight excluding hydrogens is 259 g/mol. The highest BCUT2D eigenvalue weighted by molar-refractivity contribution is 5.88. The molecule has 0 radical (unpaired) electrons. The van der Waals surface area contributed by atoms with E-state index in [9.17, 15) is 9.18 Å². The standard InChI is InChI=1S/C15H21FN2O2/c1-10-7-11(16)9-12(8-10)18-15(14(17)19)5-3-13(20-2)4-6-15/h7-9,13,18H,3-6H2,1-2H3,(H2,17,19). The normalized spacial score (nSPS) is 26.2. The Morgan fingerprint density at radius 1 is 1.40 bits per heavy atom. The number of ether oxygens (including phenoxy) is 1. The fourth-order valence-corrected chi connectivity index (χ4v) is 2.84. The fourth-order valence-electron chi connectivity index (χ4n) is 2.84. The van der Waals surface area contributed by atoms with Crippen molar-refractivity contribution in [1.29, 1.82) is 0 Å². The maximum absolute atomic E-state index is 13.4. The van der Waals surface area contributed by atoms with E-state index >= 15 is 0 Å². The molecule has 5 heteroatoms. The number of rotatable bonds is 4. The van der Waals surface area contributed by atoms with Gasteiger partial charge in [-0.05, 0) is 56.4 Å². The summed E-state index contributed by atoms with van der Waals surface area (Å²) in [7, 11) is 1.67. The average molecular weight is 280 g/mol. The van der Waals surface area contributed by atoms with E-state index in [1.54, 1.807) is 7.11 Å². The lowest BCUT2D eigenvalue weighted by Crippen LogP contribution is -2.53. The lowest BCUT2D eigenvalue weighted by Gasteiger charge is -2.38. The summed E-state index contributed by atoms with van der Waals surface area (Å²) in [4.78, 5) is 11.9. The van der Waals surface area contributed by atoms with Gasteiger partial charge in [0.25, 0.3) is 0 Å². The van der Waals surface area contributed by atoms with Crippen LogP contribution >= 0.6 is 0 Å². The molecule has 0 aliphatic heterocycles. The van der Waals surface area contributed by atoms with Gasteiger partial charge in [0.15, 0.2) is 0 Å². The first-order chi connectivity index (χ1) is 9.45. The lowest BCUT2D eigenvalue weighted by atomic mass is 9.79. The minimum atomic E-state index is -0.810. The second-order valence-electron chi connectivity index (χ2n) is 5.52. The third-order valence-corrected chi connectivity index (χ3v) is 4.02. The lowest BCUT2D eigenvalue weighted by molar-refractivity contribution is -0.124. The second-order valence-corrected chi connectivity index (χ2v) is 5.52. The molecular formula is C15H21FN2O2. The number of aryl methyl sites for hydroxylation is 1. The van der Waals surface area contributed by atoms with Gasteiger partial charge in [-0.1, -0.05) is 0 Å². The molecule has 0 heterocycles. The van der Waals surface area contributed by atoms with E-state index in [-0.39, 0.29) is 11.9 Å². The molecule has 1 aromatic carbocycles. The molecule has 4 nitrogen and oxygen atoms in total. The number of carbonyl (C=O) groups is 1. The van der Waals surface area contributed by atoms with Gasteiger partial charge in [0, 0.05) is 12.8 Å². The summed E-state index contributed by atoms with van der Waals surface area (Å²) in [5.74, 6) is -0.716. The number of anilines is 1. The summed E-state index contributed by atoms with van der Waals surface area (Å²) in [6.45, 7) is 1.81. The van der Waals surface area contributed by atoms with Gasteiger partial charge in [0.05, 0.1) is 6.10 Å². The Balaban J connectivity index is 2.20. The maximum atomic E-state index is 13.4. The van der Waals surface area contributed by atoms with Crippen LogP contribution in [0.2, 0.25) is 0 Å². The van der Waals surface area contributed by atoms with Crippen LogP contribution in [0.25, 0.3) is 0 Å². The van der Waals surface area contributed by atoms with Crippen LogP contribution in [0.5, 0.6) is 0 Å². The average Bonchev–Trinajstić information content (AvgIpc) is 2.38. The highest BCUT2D eigenvalue weighted by Crippen LogP contribution is 2.33. The van der Waals surface area contributed by atoms with Gasteiger partial charge in [-0.2, -0.15) is 0 Å². The van der Waals surface area contributed by atoms with E-state index in [1.165, 1.54) is 12.1 Å². The van der Waals surface area contributed by atoms with Crippen molar-refractivity contribution in [3.05, 3.63) is 29.6 Å². The maximum Gasteiger partial charge on any atom is 0.243 e. The molecule has 1 aliphatic carbocycles. The predicted octanol–water partition coefficient (Wildman–Crippen LogP) is 2.36. The van der Waals surface area contributed by atoms with Crippen LogP contribution in [0.1, 0.15) is 31.2 Å². The van der Waals surface area contributed by atoms with Crippen LogP contribution < -0.4 is 11.1 Å². The minimum Gasteiger partial charge on any atom is -0.381 e. The van der Waals surface area contributed by atoms with E-state index in [4.69, 9.17) is 10.5 Å². The second kappa shape index (κ2) is 5.79. The Hall–Kier alpha value is -1.62. The van der Waals surface area contributed by atoms with Crippen molar-refractivity contribution >= 4 is 11.6 Å². The molecule has 0 atom stereocenters. The number of amides is 1. The number of carbonyl (C=O) groups excluding carboxylic acids is 1. The molecule has 0 saturated heterocycles. The van der Waals surface area contributed by atoms with Gasteiger partial charge >= 0.3 is 0 Å². The number of methoxy groups -OCH3 is 1. The molecule has 0 spiro atoms.